The summed E-state index contributed by atoms with van der Waals surface area (Å²) in [7, 11) is 1.66. The highest BCUT2D eigenvalue weighted by Crippen LogP contribution is 2.28. The molecule has 1 aromatic carbocycles. The molecule has 6 heteroatoms. The summed E-state index contributed by atoms with van der Waals surface area (Å²) < 4.78 is 5.37. The molecule has 24 heavy (non-hydrogen) atoms. The number of pyridine rings is 1. The van der Waals surface area contributed by atoms with E-state index in [1.54, 1.807) is 31.6 Å². The van der Waals surface area contributed by atoms with Gasteiger partial charge in [-0.15, -0.1) is 4.91 Å². The van der Waals surface area contributed by atoms with Gasteiger partial charge in [0, 0.05) is 26.0 Å². The fourth-order valence-corrected chi connectivity index (χ4v) is 2.24. The van der Waals surface area contributed by atoms with Crippen LogP contribution >= 0.6 is 0 Å². The molecule has 0 saturated heterocycles. The first kappa shape index (κ1) is 17.6. The van der Waals surface area contributed by atoms with Gasteiger partial charge in [-0.2, -0.15) is 0 Å². The molecule has 0 saturated carbocycles. The summed E-state index contributed by atoms with van der Waals surface area (Å²) in [6, 6.07) is 8.91. The molecule has 0 atom stereocenters. The number of ether oxygens (including phenoxy) is 1. The van der Waals surface area contributed by atoms with Crippen LogP contribution in [0, 0.1) is 4.91 Å². The molecule has 0 radical (unpaired) electrons. The number of nitrogens with zero attached hydrogens (tertiary/aromatic N) is 3. The fraction of sp³-hybridized carbons (Fsp3) is 0.333. The van der Waals surface area contributed by atoms with Gasteiger partial charge in [0.05, 0.1) is 0 Å². The second kappa shape index (κ2) is 7.21. The molecule has 0 spiro atoms. The second-order valence-corrected chi connectivity index (χ2v) is 6.51. The minimum absolute atomic E-state index is 0.302. The first-order chi connectivity index (χ1) is 11.3. The summed E-state index contributed by atoms with van der Waals surface area (Å²) in [5.74, 6) is 0. The van der Waals surface area contributed by atoms with Crippen molar-refractivity contribution in [2.75, 3.05) is 7.05 Å². The lowest BCUT2D eigenvalue weighted by Gasteiger charge is -2.25. The Labute approximate surface area is 141 Å². The molecule has 0 unspecified atom stereocenters. The van der Waals surface area contributed by atoms with E-state index < -0.39 is 11.7 Å². The fourth-order valence-electron chi connectivity index (χ4n) is 2.24. The Balaban J connectivity index is 2.31. The van der Waals surface area contributed by atoms with E-state index in [-0.39, 0.29) is 0 Å². The highest BCUT2D eigenvalue weighted by molar-refractivity contribution is 5.71. The van der Waals surface area contributed by atoms with E-state index in [1.807, 2.05) is 39.0 Å². The number of hydrogen-bond donors (Lipinski definition) is 0. The number of benzene rings is 1. The molecule has 0 aliphatic rings. The van der Waals surface area contributed by atoms with E-state index in [1.165, 1.54) is 4.90 Å². The lowest BCUT2D eigenvalue weighted by Crippen LogP contribution is -2.33. The van der Waals surface area contributed by atoms with Crippen LogP contribution in [0.4, 0.5) is 10.5 Å². The molecule has 6 nitrogen and oxygen atoms in total. The normalized spacial score (nSPS) is 11.0. The number of nitroso groups, excluding NO2 is 1. The Morgan fingerprint density at radius 2 is 1.88 bits per heavy atom. The number of aromatic nitrogens is 1. The van der Waals surface area contributed by atoms with Crippen LogP contribution in [0.25, 0.3) is 11.1 Å². The maximum absolute atomic E-state index is 12.2. The largest absolute Gasteiger partial charge is 0.444 e. The Morgan fingerprint density at radius 3 is 2.46 bits per heavy atom. The summed E-state index contributed by atoms with van der Waals surface area (Å²) in [6.07, 6.45) is 2.97. The zero-order chi connectivity index (χ0) is 17.7. The molecular formula is C18H21N3O3. The van der Waals surface area contributed by atoms with Crippen LogP contribution < -0.4 is 0 Å². The van der Waals surface area contributed by atoms with Gasteiger partial charge in [-0.05, 0) is 66.9 Å². The van der Waals surface area contributed by atoms with Crippen molar-refractivity contribution in [3.8, 4) is 11.1 Å². The minimum Gasteiger partial charge on any atom is -0.444 e. The summed E-state index contributed by atoms with van der Waals surface area (Å²) in [6.45, 7) is 5.75. The predicted octanol–water partition coefficient (Wildman–Crippen LogP) is 4.51. The monoisotopic (exact) mass is 327 g/mol. The van der Waals surface area contributed by atoms with Crippen LogP contribution in [0.15, 0.2) is 47.9 Å². The molecule has 0 bridgehead atoms. The molecule has 126 valence electrons. The summed E-state index contributed by atoms with van der Waals surface area (Å²) in [5, 5.41) is 2.98. The predicted molar refractivity (Wildman–Crippen MR) is 92.8 cm³/mol. The van der Waals surface area contributed by atoms with Crippen LogP contribution in [-0.2, 0) is 11.3 Å². The van der Waals surface area contributed by atoms with Crippen molar-refractivity contribution in [1.29, 1.82) is 0 Å². The van der Waals surface area contributed by atoms with E-state index >= 15 is 0 Å². The maximum Gasteiger partial charge on any atom is 0.410 e. The molecule has 1 aromatic heterocycles. The number of carbonyl (C=O) groups excluding carboxylic acids is 1. The van der Waals surface area contributed by atoms with E-state index in [0.717, 1.165) is 16.7 Å². The number of hydrogen-bond acceptors (Lipinski definition) is 5. The van der Waals surface area contributed by atoms with Gasteiger partial charge < -0.3 is 9.64 Å². The first-order valence-electron chi connectivity index (χ1n) is 7.61. The summed E-state index contributed by atoms with van der Waals surface area (Å²) >= 11 is 0. The van der Waals surface area contributed by atoms with Crippen molar-refractivity contribution in [1.82, 2.24) is 9.88 Å². The van der Waals surface area contributed by atoms with Crippen molar-refractivity contribution in [2.45, 2.75) is 32.9 Å². The summed E-state index contributed by atoms with van der Waals surface area (Å²) in [5.41, 5.74) is 2.44. The molecule has 1 amide bonds. The lowest BCUT2D eigenvalue weighted by atomic mass is 9.99. The molecule has 0 N–H and O–H groups in total. The SMILES string of the molecule is CN(Cc1cc(N=O)ccc1-c1ccncc1)C(=O)OC(C)(C)C. The topological polar surface area (TPSA) is 71.9 Å². The Kier molecular flexibility index (Phi) is 5.28. The van der Waals surface area contributed by atoms with Gasteiger partial charge in [0.25, 0.3) is 0 Å². The number of rotatable bonds is 4. The smallest absolute Gasteiger partial charge is 0.410 e. The Morgan fingerprint density at radius 1 is 1.21 bits per heavy atom. The van der Waals surface area contributed by atoms with Crippen molar-refractivity contribution in [3.63, 3.8) is 0 Å². The highest BCUT2D eigenvalue weighted by atomic mass is 16.6. The van der Waals surface area contributed by atoms with Crippen molar-refractivity contribution < 1.29 is 9.53 Å². The number of amides is 1. The zero-order valence-corrected chi connectivity index (χ0v) is 14.3. The van der Waals surface area contributed by atoms with Crippen molar-refractivity contribution >= 4 is 11.8 Å². The van der Waals surface area contributed by atoms with E-state index in [4.69, 9.17) is 4.74 Å². The van der Waals surface area contributed by atoms with Gasteiger partial charge in [-0.3, -0.25) is 4.98 Å². The molecule has 0 aliphatic carbocycles. The van der Waals surface area contributed by atoms with Crippen LogP contribution in [0.2, 0.25) is 0 Å². The average Bonchev–Trinajstić information content (AvgIpc) is 2.54. The van der Waals surface area contributed by atoms with Gasteiger partial charge in [-0.1, -0.05) is 6.07 Å². The van der Waals surface area contributed by atoms with Crippen LogP contribution in [-0.4, -0.2) is 28.6 Å². The van der Waals surface area contributed by atoms with Gasteiger partial charge in [0.2, 0.25) is 0 Å². The Hall–Kier alpha value is -2.76. The third-order valence-electron chi connectivity index (χ3n) is 3.30. The van der Waals surface area contributed by atoms with Crippen molar-refractivity contribution in [2.24, 2.45) is 5.18 Å². The first-order valence-corrected chi connectivity index (χ1v) is 7.61. The minimum atomic E-state index is -0.564. The van der Waals surface area contributed by atoms with Crippen LogP contribution in [0.3, 0.4) is 0 Å². The van der Waals surface area contributed by atoms with Gasteiger partial charge in [-0.25, -0.2) is 4.79 Å². The third kappa shape index (κ3) is 4.62. The third-order valence-corrected chi connectivity index (χ3v) is 3.30. The van der Waals surface area contributed by atoms with Crippen LogP contribution in [0.5, 0.6) is 0 Å². The number of carbonyl (C=O) groups is 1. The van der Waals surface area contributed by atoms with E-state index in [0.29, 0.717) is 12.2 Å². The molecule has 2 aromatic rings. The maximum atomic E-state index is 12.2. The van der Waals surface area contributed by atoms with Gasteiger partial charge >= 0.3 is 6.09 Å². The zero-order valence-electron chi connectivity index (χ0n) is 14.3. The molecular weight excluding hydrogens is 306 g/mol. The highest BCUT2D eigenvalue weighted by Gasteiger charge is 2.20. The quantitative estimate of drug-likeness (QED) is 0.774. The van der Waals surface area contributed by atoms with E-state index in [9.17, 15) is 9.70 Å². The lowest BCUT2D eigenvalue weighted by molar-refractivity contribution is 0.0285. The molecule has 1 heterocycles. The Bertz CT molecular complexity index is 724. The van der Waals surface area contributed by atoms with Gasteiger partial charge in [0.15, 0.2) is 0 Å². The molecule has 0 fully saturated rings. The van der Waals surface area contributed by atoms with Gasteiger partial charge in [0.1, 0.15) is 11.3 Å². The second-order valence-electron chi connectivity index (χ2n) is 6.51. The average molecular weight is 327 g/mol. The standard InChI is InChI=1S/C18H21N3O3/c1-18(2,3)24-17(22)21(4)12-14-11-15(20-23)5-6-16(14)13-7-9-19-10-8-13/h5-11H,12H2,1-4H3. The molecule has 0 aliphatic heterocycles. The van der Waals surface area contributed by atoms with E-state index in [2.05, 4.69) is 10.2 Å². The van der Waals surface area contributed by atoms with Crippen molar-refractivity contribution in [3.05, 3.63) is 53.2 Å². The molecule has 2 rings (SSSR count). The summed E-state index contributed by atoms with van der Waals surface area (Å²) in [4.78, 5) is 28.5. The van der Waals surface area contributed by atoms with Crippen LogP contribution in [0.1, 0.15) is 26.3 Å².